The second-order valence-corrected chi connectivity index (χ2v) is 4.64. The van der Waals surface area contributed by atoms with Crippen LogP contribution in [-0.4, -0.2) is 46.7 Å². The number of aromatic nitrogens is 3. The van der Waals surface area contributed by atoms with Crippen molar-refractivity contribution in [3.05, 3.63) is 22.8 Å². The summed E-state index contributed by atoms with van der Waals surface area (Å²) in [5, 5.41) is 7.50. The van der Waals surface area contributed by atoms with Crippen LogP contribution in [-0.2, 0) is 0 Å². The molecule has 2 rings (SSSR count). The zero-order valence-electron chi connectivity index (χ0n) is 9.31. The summed E-state index contributed by atoms with van der Waals surface area (Å²) in [5.74, 6) is 0.661. The van der Waals surface area contributed by atoms with Crippen LogP contribution in [0.25, 0.3) is 5.65 Å². The molecular formula is C10H14BrN5. The molecule has 0 aromatic carbocycles. The number of halogens is 1. The Morgan fingerprint density at radius 2 is 2.31 bits per heavy atom. The lowest BCUT2D eigenvalue weighted by atomic mass is 10.5. The molecule has 86 valence electrons. The summed E-state index contributed by atoms with van der Waals surface area (Å²) in [4.78, 5) is 6.49. The summed E-state index contributed by atoms with van der Waals surface area (Å²) in [6.07, 6.45) is 1.88. The Bertz CT molecular complexity index is 479. The fourth-order valence-electron chi connectivity index (χ4n) is 1.34. The molecule has 0 fully saturated rings. The Morgan fingerprint density at radius 3 is 3.00 bits per heavy atom. The van der Waals surface area contributed by atoms with Gasteiger partial charge in [0.25, 0.3) is 0 Å². The van der Waals surface area contributed by atoms with E-state index in [1.54, 1.807) is 4.52 Å². The molecule has 0 saturated carbocycles. The number of hydrogen-bond acceptors (Lipinski definition) is 4. The Morgan fingerprint density at radius 1 is 1.50 bits per heavy atom. The Hall–Kier alpha value is -1.14. The molecule has 2 heterocycles. The van der Waals surface area contributed by atoms with E-state index in [0.29, 0.717) is 5.95 Å². The van der Waals surface area contributed by atoms with Crippen LogP contribution < -0.4 is 5.32 Å². The Labute approximate surface area is 103 Å². The van der Waals surface area contributed by atoms with Crippen LogP contribution >= 0.6 is 15.9 Å². The highest BCUT2D eigenvalue weighted by Crippen LogP contribution is 2.16. The van der Waals surface area contributed by atoms with Crippen molar-refractivity contribution in [2.45, 2.75) is 0 Å². The lowest BCUT2D eigenvalue weighted by molar-refractivity contribution is 0.425. The maximum Gasteiger partial charge on any atom is 0.243 e. The molecule has 0 radical (unpaired) electrons. The number of likely N-dealkylation sites (N-methyl/N-ethyl adjacent to an activating group) is 1. The van der Waals surface area contributed by atoms with Gasteiger partial charge < -0.3 is 10.2 Å². The molecule has 0 aliphatic heterocycles. The van der Waals surface area contributed by atoms with Crippen molar-refractivity contribution in [3.8, 4) is 0 Å². The molecule has 0 aliphatic rings. The van der Waals surface area contributed by atoms with E-state index in [1.807, 2.05) is 32.4 Å². The molecule has 0 saturated heterocycles. The second-order valence-electron chi connectivity index (χ2n) is 3.79. The van der Waals surface area contributed by atoms with Crippen molar-refractivity contribution >= 4 is 27.5 Å². The lowest BCUT2D eigenvalue weighted by Crippen LogP contribution is -2.21. The molecule has 0 amide bonds. The van der Waals surface area contributed by atoms with E-state index in [0.717, 1.165) is 23.2 Å². The molecule has 0 spiro atoms. The van der Waals surface area contributed by atoms with E-state index in [2.05, 4.69) is 36.2 Å². The van der Waals surface area contributed by atoms with E-state index in [4.69, 9.17) is 0 Å². The summed E-state index contributed by atoms with van der Waals surface area (Å²) in [7, 11) is 4.07. The van der Waals surface area contributed by atoms with Gasteiger partial charge in [0.05, 0.1) is 4.47 Å². The minimum atomic E-state index is 0.661. The number of nitrogens with one attached hydrogen (secondary N) is 1. The maximum absolute atomic E-state index is 4.38. The highest BCUT2D eigenvalue weighted by atomic mass is 79.9. The molecule has 0 aliphatic carbocycles. The highest BCUT2D eigenvalue weighted by molar-refractivity contribution is 9.10. The van der Waals surface area contributed by atoms with Gasteiger partial charge in [-0.15, -0.1) is 5.10 Å². The van der Waals surface area contributed by atoms with Crippen molar-refractivity contribution < 1.29 is 0 Å². The lowest BCUT2D eigenvalue weighted by Gasteiger charge is -2.08. The van der Waals surface area contributed by atoms with Crippen molar-refractivity contribution in [1.82, 2.24) is 19.5 Å². The van der Waals surface area contributed by atoms with Crippen molar-refractivity contribution in [3.63, 3.8) is 0 Å². The van der Waals surface area contributed by atoms with Crippen LogP contribution in [0.2, 0.25) is 0 Å². The Balaban J connectivity index is 2.11. The molecule has 16 heavy (non-hydrogen) atoms. The van der Waals surface area contributed by atoms with Crippen molar-refractivity contribution in [1.29, 1.82) is 0 Å². The molecule has 0 unspecified atom stereocenters. The van der Waals surface area contributed by atoms with Crippen LogP contribution in [0.4, 0.5) is 5.95 Å². The average Bonchev–Trinajstić information content (AvgIpc) is 2.61. The van der Waals surface area contributed by atoms with Gasteiger partial charge in [-0.05, 0) is 42.2 Å². The van der Waals surface area contributed by atoms with E-state index < -0.39 is 0 Å². The number of rotatable bonds is 4. The van der Waals surface area contributed by atoms with Gasteiger partial charge in [-0.1, -0.05) is 0 Å². The highest BCUT2D eigenvalue weighted by Gasteiger charge is 2.05. The average molecular weight is 284 g/mol. The maximum atomic E-state index is 4.38. The first-order valence-corrected chi connectivity index (χ1v) is 5.85. The normalized spacial score (nSPS) is 11.2. The van der Waals surface area contributed by atoms with Gasteiger partial charge >= 0.3 is 0 Å². The van der Waals surface area contributed by atoms with E-state index >= 15 is 0 Å². The van der Waals surface area contributed by atoms with Crippen LogP contribution in [0.3, 0.4) is 0 Å². The first kappa shape index (κ1) is 11.3. The van der Waals surface area contributed by atoms with Gasteiger partial charge in [-0.25, -0.2) is 4.52 Å². The fraction of sp³-hybridized carbons (Fsp3) is 0.400. The van der Waals surface area contributed by atoms with Gasteiger partial charge in [0.1, 0.15) is 0 Å². The summed E-state index contributed by atoms with van der Waals surface area (Å²) < 4.78 is 2.70. The first-order valence-electron chi connectivity index (χ1n) is 5.06. The van der Waals surface area contributed by atoms with E-state index in [-0.39, 0.29) is 0 Å². The summed E-state index contributed by atoms with van der Waals surface area (Å²) in [5.41, 5.74) is 0.829. The van der Waals surface area contributed by atoms with Gasteiger partial charge in [-0.2, -0.15) is 4.98 Å². The largest absolute Gasteiger partial charge is 0.352 e. The topological polar surface area (TPSA) is 45.5 Å². The summed E-state index contributed by atoms with van der Waals surface area (Å²) in [6.45, 7) is 1.79. The van der Waals surface area contributed by atoms with Crippen LogP contribution in [0.1, 0.15) is 0 Å². The number of hydrogen-bond donors (Lipinski definition) is 1. The smallest absolute Gasteiger partial charge is 0.243 e. The third kappa shape index (κ3) is 2.51. The van der Waals surface area contributed by atoms with Crippen molar-refractivity contribution in [2.75, 3.05) is 32.5 Å². The molecule has 2 aromatic heterocycles. The summed E-state index contributed by atoms with van der Waals surface area (Å²) in [6, 6.07) is 3.88. The third-order valence-electron chi connectivity index (χ3n) is 2.16. The minimum Gasteiger partial charge on any atom is -0.352 e. The number of anilines is 1. The molecule has 6 heteroatoms. The van der Waals surface area contributed by atoms with E-state index in [9.17, 15) is 0 Å². The first-order chi connectivity index (χ1) is 7.66. The minimum absolute atomic E-state index is 0.661. The zero-order valence-corrected chi connectivity index (χ0v) is 10.9. The predicted molar refractivity (Wildman–Crippen MR) is 67.7 cm³/mol. The molecular weight excluding hydrogens is 270 g/mol. The Kier molecular flexibility index (Phi) is 3.40. The third-order valence-corrected chi connectivity index (χ3v) is 2.78. The van der Waals surface area contributed by atoms with Gasteiger partial charge in [0, 0.05) is 19.3 Å². The van der Waals surface area contributed by atoms with E-state index in [1.165, 1.54) is 0 Å². The SMILES string of the molecule is CN(C)CCNc1nc2c(Br)cccn2n1. The monoisotopic (exact) mass is 283 g/mol. The molecule has 2 aromatic rings. The number of nitrogens with zero attached hydrogens (tertiary/aromatic N) is 4. The molecule has 0 bridgehead atoms. The fourth-order valence-corrected chi connectivity index (χ4v) is 1.76. The predicted octanol–water partition coefficient (Wildman–Crippen LogP) is 1.47. The quantitative estimate of drug-likeness (QED) is 0.923. The number of pyridine rings is 1. The second kappa shape index (κ2) is 4.80. The molecule has 1 N–H and O–H groups in total. The zero-order chi connectivity index (χ0) is 11.5. The number of fused-ring (bicyclic) bond motifs is 1. The molecule has 5 nitrogen and oxygen atoms in total. The van der Waals surface area contributed by atoms with Crippen LogP contribution in [0, 0.1) is 0 Å². The van der Waals surface area contributed by atoms with Crippen molar-refractivity contribution in [2.24, 2.45) is 0 Å². The van der Waals surface area contributed by atoms with Crippen LogP contribution in [0.15, 0.2) is 22.8 Å². The molecule has 0 atom stereocenters. The van der Waals surface area contributed by atoms with Gasteiger partial charge in [0.2, 0.25) is 5.95 Å². The summed E-state index contributed by atoms with van der Waals surface area (Å²) >= 11 is 3.44. The van der Waals surface area contributed by atoms with Crippen LogP contribution in [0.5, 0.6) is 0 Å². The van der Waals surface area contributed by atoms with Gasteiger partial charge in [0.15, 0.2) is 5.65 Å². The standard InChI is InChI=1S/C10H14BrN5/c1-15(2)7-5-12-10-13-9-8(11)4-3-6-16(9)14-10/h3-4,6H,5,7H2,1-2H3,(H,12,14). The van der Waals surface area contributed by atoms with Gasteiger partial charge in [-0.3, -0.25) is 0 Å².